The molecule has 0 aliphatic heterocycles. The molecule has 0 aliphatic carbocycles. The molecule has 5 atom stereocenters. The maximum Gasteiger partial charge on any atom is 0.472 e. The van der Waals surface area contributed by atoms with E-state index in [1.54, 1.807) is 0 Å². The van der Waals surface area contributed by atoms with Gasteiger partial charge < -0.3 is 34.2 Å². The molecule has 0 aromatic carbocycles. The van der Waals surface area contributed by atoms with Crippen LogP contribution in [0, 0.1) is 0 Å². The van der Waals surface area contributed by atoms with Crippen LogP contribution in [0.3, 0.4) is 0 Å². The van der Waals surface area contributed by atoms with Crippen LogP contribution in [0.5, 0.6) is 0 Å². The molecule has 0 rings (SSSR count). The van der Waals surface area contributed by atoms with Gasteiger partial charge in [-0.3, -0.25) is 32.5 Å². The second-order valence-electron chi connectivity index (χ2n) is 34.2. The van der Waals surface area contributed by atoms with Crippen LogP contribution in [0.2, 0.25) is 0 Å². The molecule has 0 spiro atoms. The number of carbonyl (C=O) groups excluding carboxylic acids is 3. The summed E-state index contributed by atoms with van der Waals surface area (Å²) in [6.07, 6.45) is 136. The fourth-order valence-electron chi connectivity index (χ4n) is 14.0. The Balaban J connectivity index is 4.61. The van der Waals surface area contributed by atoms with Crippen LogP contribution in [0.25, 0.3) is 0 Å². The number of aliphatic hydroxyl groups is 2. The molecule has 4 N–H and O–H groups in total. The van der Waals surface area contributed by atoms with Crippen molar-refractivity contribution in [3.05, 3.63) is 194 Å². The lowest BCUT2D eigenvalue weighted by Crippen LogP contribution is -2.30. The predicted octanol–water partition coefficient (Wildman–Crippen LogP) is 32.9. The Kier molecular flexibility index (Phi) is 97.0. The molecule has 18 heteroatoms. The summed E-state index contributed by atoms with van der Waals surface area (Å²) in [5.74, 6) is -1.57. The van der Waals surface area contributed by atoms with Gasteiger partial charge in [0, 0.05) is 19.3 Å². The average molecular weight is 1840 g/mol. The van der Waals surface area contributed by atoms with E-state index in [1.807, 2.05) is 0 Å². The Morgan fingerprint density at radius 3 is 0.651 bits per heavy atom. The molecule has 0 saturated carbocycles. The van der Waals surface area contributed by atoms with E-state index < -0.39 is 91.5 Å². The van der Waals surface area contributed by atoms with Gasteiger partial charge in [0.15, 0.2) is 6.10 Å². The van der Waals surface area contributed by atoms with Gasteiger partial charge in [-0.25, -0.2) is 9.13 Å². The van der Waals surface area contributed by atoms with Gasteiger partial charge in [0.25, 0.3) is 0 Å². The second kappa shape index (κ2) is 101. The first-order valence-corrected chi connectivity index (χ1v) is 54.7. The molecule has 0 heterocycles. The van der Waals surface area contributed by atoms with Crippen LogP contribution >= 0.6 is 15.6 Å². The van der Waals surface area contributed by atoms with Gasteiger partial charge in [-0.1, -0.05) is 440 Å². The number of aliphatic hydroxyl groups excluding tert-OH is 2. The molecule has 129 heavy (non-hydrogen) atoms. The summed E-state index contributed by atoms with van der Waals surface area (Å²) in [5, 5.41) is 20.8. The monoisotopic (exact) mass is 1840 g/mol. The number of ether oxygens (including phenoxy) is 3. The van der Waals surface area contributed by atoms with Crippen molar-refractivity contribution in [3.63, 3.8) is 0 Å². The highest BCUT2D eigenvalue weighted by molar-refractivity contribution is 7.47. The number of carbonyl (C=O) groups is 3. The number of hydrogen-bond donors (Lipinski definition) is 4. The molecule has 0 amide bonds. The number of esters is 3. The normalized spacial score (nSPS) is 14.4. The molecule has 0 aliphatic rings. The van der Waals surface area contributed by atoms with E-state index in [4.69, 9.17) is 32.3 Å². The number of unbranched alkanes of at least 4 members (excludes halogenated alkanes) is 42. The van der Waals surface area contributed by atoms with Crippen molar-refractivity contribution in [2.45, 2.75) is 450 Å². The van der Waals surface area contributed by atoms with Crippen molar-refractivity contribution in [2.24, 2.45) is 0 Å². The van der Waals surface area contributed by atoms with Gasteiger partial charge in [0.1, 0.15) is 25.4 Å². The van der Waals surface area contributed by atoms with E-state index >= 15 is 0 Å². The Bertz CT molecular complexity index is 3130. The molecule has 0 radical (unpaired) electrons. The number of rotatable bonds is 97. The Hall–Kier alpha value is -5.61. The van der Waals surface area contributed by atoms with E-state index in [-0.39, 0.29) is 19.3 Å². The number of allylic oxidation sites excluding steroid dienone is 32. The smallest absolute Gasteiger partial charge is 0.463 e. The largest absolute Gasteiger partial charge is 0.472 e. The van der Waals surface area contributed by atoms with E-state index in [9.17, 15) is 43.5 Å². The third-order valence-corrected chi connectivity index (χ3v) is 23.7. The van der Waals surface area contributed by atoms with Crippen LogP contribution in [0.1, 0.15) is 432 Å². The van der Waals surface area contributed by atoms with E-state index in [1.165, 1.54) is 193 Å². The van der Waals surface area contributed by atoms with Gasteiger partial charge in [0.05, 0.1) is 26.4 Å². The number of hydrogen-bond acceptors (Lipinski definition) is 14. The standard InChI is InChI=1S/C111H188O16P2/c1-4-7-10-13-16-19-22-25-28-31-34-37-40-43-46-48-50-51-52-53-55-57-59-61-64-67-70-73-76-79-82-85-88-91-94-97-109(114)121-100-106(112)101-123-128(117,118)124-102-107(113)103-125-129(119,120)126-105-108(127-111(116)99-96-93-90-87-84-81-78-75-72-69-66-63-58-45-42-39-36-33-30-27-24-21-18-15-12-9-6-3)104-122-110(115)98-95-92-89-86-83-80-77-74-71-68-65-62-60-56-54-49-47-44-41-38-35-32-29-26-23-20-17-14-11-8-5-2/h7,9-10,12,16-21,25-30,34-39,43-47,50-51,58,66,69,106-108,112-113H,4-6,8,11,13-15,22-24,31-33,40-42,48-49,52-57,59-65,67-68,70-105H2,1-3H3,(H,117,118)(H,119,120)/b10-7-,12-9-,19-16-,20-17-,21-18-,28-25-,29-26-,30-27-,37-34-,38-35-,39-36-,46-43-,47-44-,51-50-,58-45-,69-66-. The third kappa shape index (κ3) is 103. The lowest BCUT2D eigenvalue weighted by molar-refractivity contribution is -0.161. The second-order valence-corrected chi connectivity index (χ2v) is 37.1. The highest BCUT2D eigenvalue weighted by Gasteiger charge is 2.30. The van der Waals surface area contributed by atoms with Gasteiger partial charge in [-0.05, 0) is 167 Å². The molecule has 0 aromatic heterocycles. The van der Waals surface area contributed by atoms with Gasteiger partial charge in [-0.15, -0.1) is 0 Å². The molecular formula is C111H188O16P2. The lowest BCUT2D eigenvalue weighted by atomic mass is 10.0. The van der Waals surface area contributed by atoms with Gasteiger partial charge in [-0.2, -0.15) is 0 Å². The van der Waals surface area contributed by atoms with Crippen molar-refractivity contribution in [3.8, 4) is 0 Å². The number of phosphoric ester groups is 2. The van der Waals surface area contributed by atoms with Crippen molar-refractivity contribution in [1.29, 1.82) is 0 Å². The van der Waals surface area contributed by atoms with Crippen molar-refractivity contribution < 1.29 is 75.8 Å². The van der Waals surface area contributed by atoms with Crippen LogP contribution in [-0.2, 0) is 55.8 Å². The van der Waals surface area contributed by atoms with Crippen molar-refractivity contribution in [2.75, 3.05) is 39.6 Å². The molecule has 0 fully saturated rings. The first-order valence-electron chi connectivity index (χ1n) is 51.7. The van der Waals surface area contributed by atoms with Crippen LogP contribution in [0.4, 0.5) is 0 Å². The first-order chi connectivity index (χ1) is 63.2. The van der Waals surface area contributed by atoms with Gasteiger partial charge in [0.2, 0.25) is 0 Å². The molecular weight excluding hydrogens is 1650 g/mol. The zero-order chi connectivity index (χ0) is 93.5. The highest BCUT2D eigenvalue weighted by atomic mass is 31.2. The van der Waals surface area contributed by atoms with Gasteiger partial charge >= 0.3 is 33.6 Å². The zero-order valence-corrected chi connectivity index (χ0v) is 83.6. The molecule has 0 saturated heterocycles. The average Bonchev–Trinajstić information content (AvgIpc) is 0.899. The van der Waals surface area contributed by atoms with E-state index in [0.29, 0.717) is 19.3 Å². The summed E-state index contributed by atoms with van der Waals surface area (Å²) in [7, 11) is -9.83. The topological polar surface area (TPSA) is 231 Å². The molecule has 738 valence electrons. The minimum Gasteiger partial charge on any atom is -0.463 e. The Labute approximate surface area is 788 Å². The summed E-state index contributed by atoms with van der Waals surface area (Å²) in [5.41, 5.74) is 0. The summed E-state index contributed by atoms with van der Waals surface area (Å²) in [6, 6.07) is 0. The van der Waals surface area contributed by atoms with E-state index in [2.05, 4.69) is 215 Å². The SMILES string of the molecule is CC/C=C\C/C=C\C/C=C\C/C=C\C/C=C\C/C=C\CCCCCCCCCCCCCCCCCCC(=O)OCC(O)COP(=O)(O)OCC(O)COP(=O)(O)OCC(COC(=O)CCCCCCCCCCCCCCCCC/C=C\C/C=C\C/C=C\C/C=C\CCCCC)OC(=O)CCCCCCCCCC/C=C\C/C=C\C/C=C\C/C=C\C/C=C\C/C=C\CC. The summed E-state index contributed by atoms with van der Waals surface area (Å²) in [6.45, 7) is 2.48. The lowest BCUT2D eigenvalue weighted by Gasteiger charge is -2.21. The van der Waals surface area contributed by atoms with E-state index in [0.717, 1.165) is 180 Å². The third-order valence-electron chi connectivity index (χ3n) is 21.8. The van der Waals surface area contributed by atoms with Crippen LogP contribution in [-0.4, -0.2) is 95.9 Å². The highest BCUT2D eigenvalue weighted by Crippen LogP contribution is 2.45. The van der Waals surface area contributed by atoms with Crippen LogP contribution in [0.15, 0.2) is 194 Å². The predicted molar refractivity (Wildman–Crippen MR) is 546 cm³/mol. The minimum absolute atomic E-state index is 0.0899. The zero-order valence-electron chi connectivity index (χ0n) is 81.8. The van der Waals surface area contributed by atoms with Crippen molar-refractivity contribution >= 4 is 33.6 Å². The summed E-state index contributed by atoms with van der Waals surface area (Å²) in [4.78, 5) is 59.2. The minimum atomic E-state index is -4.95. The van der Waals surface area contributed by atoms with Crippen molar-refractivity contribution in [1.82, 2.24) is 0 Å². The number of phosphoric acid groups is 2. The molecule has 5 unspecified atom stereocenters. The Morgan fingerprint density at radius 1 is 0.225 bits per heavy atom. The fraction of sp³-hybridized carbons (Fsp3) is 0.685. The summed E-state index contributed by atoms with van der Waals surface area (Å²) < 4.78 is 61.7. The van der Waals surface area contributed by atoms with Crippen LogP contribution < -0.4 is 0 Å². The fourth-order valence-corrected chi connectivity index (χ4v) is 15.6. The first kappa shape index (κ1) is 123. The molecule has 16 nitrogen and oxygen atoms in total. The maximum atomic E-state index is 13.1. The quantitative estimate of drug-likeness (QED) is 0.0146. The summed E-state index contributed by atoms with van der Waals surface area (Å²) >= 11 is 0. The Morgan fingerprint density at radius 2 is 0.411 bits per heavy atom. The maximum absolute atomic E-state index is 13.1. The molecule has 0 bridgehead atoms. The molecule has 0 aromatic rings.